The van der Waals surface area contributed by atoms with Gasteiger partial charge in [-0.25, -0.2) is 4.79 Å². The van der Waals surface area contributed by atoms with Crippen molar-refractivity contribution in [2.45, 2.75) is 19.8 Å². The topological polar surface area (TPSA) is 61.4 Å². The van der Waals surface area contributed by atoms with Crippen LogP contribution in [0.3, 0.4) is 0 Å². The number of urea groups is 1. The van der Waals surface area contributed by atoms with Crippen LogP contribution in [0.25, 0.3) is 10.8 Å². The molecule has 0 atom stereocenters. The number of amides is 3. The molecule has 30 heavy (non-hydrogen) atoms. The Morgan fingerprint density at radius 2 is 1.83 bits per heavy atom. The van der Waals surface area contributed by atoms with Gasteiger partial charge in [-0.3, -0.25) is 10.1 Å². The van der Waals surface area contributed by atoms with E-state index in [9.17, 15) is 9.59 Å². The molecule has 1 aromatic heterocycles. The number of thiophene rings is 1. The van der Waals surface area contributed by atoms with Gasteiger partial charge in [0.15, 0.2) is 0 Å². The van der Waals surface area contributed by atoms with E-state index in [0.29, 0.717) is 17.1 Å². The van der Waals surface area contributed by atoms with Crippen molar-refractivity contribution in [3.63, 3.8) is 0 Å². The first-order valence-corrected chi connectivity index (χ1v) is 12.1. The fraction of sp³-hybridized carbons (Fsp3) is 0.304. The SMILES string of the molecule is CSCCN(C)C(=O)c1cc(C(C)C)sc1NC(=O)Nc1cccc2ccccc12. The molecular formula is C23H27N3O2S2. The van der Waals surface area contributed by atoms with Crippen LogP contribution >= 0.6 is 23.1 Å². The van der Waals surface area contributed by atoms with E-state index in [4.69, 9.17) is 0 Å². The monoisotopic (exact) mass is 441 g/mol. The van der Waals surface area contributed by atoms with Crippen LogP contribution in [0.2, 0.25) is 0 Å². The molecule has 0 aliphatic carbocycles. The molecule has 0 unspecified atom stereocenters. The maximum absolute atomic E-state index is 13.0. The van der Waals surface area contributed by atoms with Crippen LogP contribution in [-0.4, -0.2) is 42.4 Å². The molecule has 0 saturated carbocycles. The van der Waals surface area contributed by atoms with E-state index < -0.39 is 0 Å². The van der Waals surface area contributed by atoms with E-state index in [2.05, 4.69) is 24.5 Å². The van der Waals surface area contributed by atoms with E-state index in [0.717, 1.165) is 27.1 Å². The van der Waals surface area contributed by atoms with Gasteiger partial charge in [0.05, 0.1) is 11.3 Å². The van der Waals surface area contributed by atoms with Crippen molar-refractivity contribution in [3.8, 4) is 0 Å². The molecule has 0 saturated heterocycles. The Kier molecular flexibility index (Phi) is 7.39. The van der Waals surface area contributed by atoms with Crippen LogP contribution in [0.5, 0.6) is 0 Å². The van der Waals surface area contributed by atoms with Gasteiger partial charge in [-0.05, 0) is 29.7 Å². The van der Waals surface area contributed by atoms with Crippen molar-refractivity contribution >= 4 is 56.5 Å². The Bertz CT molecular complexity index is 1040. The number of carbonyl (C=O) groups is 2. The first kappa shape index (κ1) is 22.2. The van der Waals surface area contributed by atoms with E-state index in [1.54, 1.807) is 23.7 Å². The summed E-state index contributed by atoms with van der Waals surface area (Å²) in [6.07, 6.45) is 2.02. The van der Waals surface area contributed by atoms with Crippen molar-refractivity contribution in [2.24, 2.45) is 0 Å². The van der Waals surface area contributed by atoms with Gasteiger partial charge in [0.25, 0.3) is 5.91 Å². The van der Waals surface area contributed by atoms with Crippen molar-refractivity contribution in [2.75, 3.05) is 36.2 Å². The lowest BCUT2D eigenvalue weighted by atomic mass is 10.1. The lowest BCUT2D eigenvalue weighted by molar-refractivity contribution is 0.0805. The fourth-order valence-corrected chi connectivity index (χ4v) is 4.58. The number of fused-ring (bicyclic) bond motifs is 1. The first-order chi connectivity index (χ1) is 14.4. The molecule has 5 nitrogen and oxygen atoms in total. The number of carbonyl (C=O) groups excluding carboxylic acids is 2. The number of nitrogens with zero attached hydrogens (tertiary/aromatic N) is 1. The quantitative estimate of drug-likeness (QED) is 0.465. The second kappa shape index (κ2) is 10.00. The molecular weight excluding hydrogens is 414 g/mol. The molecule has 3 aromatic rings. The third-order valence-electron chi connectivity index (χ3n) is 4.79. The highest BCUT2D eigenvalue weighted by Crippen LogP contribution is 2.34. The smallest absolute Gasteiger partial charge is 0.324 e. The van der Waals surface area contributed by atoms with Gasteiger partial charge in [-0.1, -0.05) is 50.2 Å². The molecule has 0 fully saturated rings. The largest absolute Gasteiger partial charge is 0.341 e. The summed E-state index contributed by atoms with van der Waals surface area (Å²) in [7, 11) is 1.80. The minimum absolute atomic E-state index is 0.0762. The van der Waals surface area contributed by atoms with Gasteiger partial charge in [-0.2, -0.15) is 11.8 Å². The average Bonchev–Trinajstić information content (AvgIpc) is 3.15. The summed E-state index contributed by atoms with van der Waals surface area (Å²) in [6.45, 7) is 4.82. The lowest BCUT2D eigenvalue weighted by Crippen LogP contribution is -2.29. The van der Waals surface area contributed by atoms with Gasteiger partial charge in [-0.15, -0.1) is 11.3 Å². The second-order valence-corrected chi connectivity index (χ2v) is 9.44. The van der Waals surface area contributed by atoms with Crippen molar-refractivity contribution < 1.29 is 9.59 Å². The van der Waals surface area contributed by atoms with E-state index in [-0.39, 0.29) is 17.9 Å². The van der Waals surface area contributed by atoms with Crippen LogP contribution in [0, 0.1) is 0 Å². The standard InChI is InChI=1S/C23H27N3O2S2/c1-15(2)20-14-18(22(27)26(3)12-13-29-4)21(30-20)25-23(28)24-19-11-7-9-16-8-5-6-10-17(16)19/h5-11,14-15H,12-13H2,1-4H3,(H2,24,25,28). The normalized spacial score (nSPS) is 11.0. The summed E-state index contributed by atoms with van der Waals surface area (Å²) in [4.78, 5) is 28.5. The van der Waals surface area contributed by atoms with E-state index in [1.165, 1.54) is 11.3 Å². The minimum atomic E-state index is -0.357. The van der Waals surface area contributed by atoms with Gasteiger partial charge < -0.3 is 10.2 Å². The number of anilines is 2. The molecule has 3 rings (SSSR count). The first-order valence-electron chi connectivity index (χ1n) is 9.84. The summed E-state index contributed by atoms with van der Waals surface area (Å²) >= 11 is 3.15. The number of rotatable bonds is 7. The third-order valence-corrected chi connectivity index (χ3v) is 6.73. The van der Waals surface area contributed by atoms with Gasteiger partial charge in [0.1, 0.15) is 5.00 Å². The summed E-state index contributed by atoms with van der Waals surface area (Å²) in [5.74, 6) is 1.07. The minimum Gasteiger partial charge on any atom is -0.341 e. The van der Waals surface area contributed by atoms with Crippen LogP contribution in [0.1, 0.15) is 35.0 Å². The Balaban J connectivity index is 1.82. The van der Waals surface area contributed by atoms with Crippen molar-refractivity contribution in [1.82, 2.24) is 4.90 Å². The number of nitrogens with one attached hydrogen (secondary N) is 2. The maximum Gasteiger partial charge on any atom is 0.324 e. The summed E-state index contributed by atoms with van der Waals surface area (Å²) in [5.41, 5.74) is 1.27. The molecule has 0 spiro atoms. The van der Waals surface area contributed by atoms with Crippen LogP contribution in [0.4, 0.5) is 15.5 Å². The average molecular weight is 442 g/mol. The molecule has 0 aliphatic rings. The molecule has 2 aromatic carbocycles. The Morgan fingerprint density at radius 1 is 1.10 bits per heavy atom. The predicted molar refractivity (Wildman–Crippen MR) is 130 cm³/mol. The lowest BCUT2D eigenvalue weighted by Gasteiger charge is -2.17. The molecule has 2 N–H and O–H groups in total. The molecule has 3 amide bonds. The zero-order valence-corrected chi connectivity index (χ0v) is 19.3. The zero-order valence-electron chi connectivity index (χ0n) is 17.7. The van der Waals surface area contributed by atoms with Crippen LogP contribution in [0.15, 0.2) is 48.5 Å². The number of hydrogen-bond acceptors (Lipinski definition) is 4. The molecule has 1 heterocycles. The number of benzene rings is 2. The maximum atomic E-state index is 13.0. The van der Waals surface area contributed by atoms with E-state index >= 15 is 0 Å². The summed E-state index contributed by atoms with van der Waals surface area (Å²) in [6, 6.07) is 15.2. The van der Waals surface area contributed by atoms with Crippen molar-refractivity contribution in [1.29, 1.82) is 0 Å². The van der Waals surface area contributed by atoms with Crippen LogP contribution < -0.4 is 10.6 Å². The fourth-order valence-electron chi connectivity index (χ4n) is 3.07. The molecule has 0 aliphatic heterocycles. The highest BCUT2D eigenvalue weighted by atomic mass is 32.2. The van der Waals surface area contributed by atoms with Gasteiger partial charge in [0, 0.05) is 29.6 Å². The molecule has 0 radical (unpaired) electrons. The Labute approximate surface area is 185 Å². The summed E-state index contributed by atoms with van der Waals surface area (Å²) in [5, 5.41) is 8.44. The van der Waals surface area contributed by atoms with Crippen molar-refractivity contribution in [3.05, 3.63) is 59.0 Å². The van der Waals surface area contributed by atoms with Gasteiger partial charge in [0.2, 0.25) is 0 Å². The van der Waals surface area contributed by atoms with E-state index in [1.807, 2.05) is 54.8 Å². The zero-order chi connectivity index (χ0) is 21.7. The third kappa shape index (κ3) is 5.15. The number of hydrogen-bond donors (Lipinski definition) is 2. The highest BCUT2D eigenvalue weighted by molar-refractivity contribution is 7.98. The highest BCUT2D eigenvalue weighted by Gasteiger charge is 2.22. The summed E-state index contributed by atoms with van der Waals surface area (Å²) < 4.78 is 0. The van der Waals surface area contributed by atoms with Gasteiger partial charge >= 0.3 is 6.03 Å². The van der Waals surface area contributed by atoms with Crippen LogP contribution in [-0.2, 0) is 0 Å². The number of thioether (sulfide) groups is 1. The molecule has 0 bridgehead atoms. The molecule has 158 valence electrons. The second-order valence-electron chi connectivity index (χ2n) is 7.37. The molecule has 7 heteroatoms. The predicted octanol–water partition coefficient (Wildman–Crippen LogP) is 6.10. The Morgan fingerprint density at radius 3 is 2.57 bits per heavy atom. The Hall–Kier alpha value is -2.51.